The van der Waals surface area contributed by atoms with Crippen molar-refractivity contribution in [1.82, 2.24) is 0 Å². The van der Waals surface area contributed by atoms with E-state index in [1.165, 1.54) is 25.3 Å². The monoisotopic (exact) mass is 292 g/mol. The molecule has 2 aromatic carbocycles. The molecule has 5 heteroatoms. The first-order valence-corrected chi connectivity index (χ1v) is 5.94. The summed E-state index contributed by atoms with van der Waals surface area (Å²) >= 11 is 0. The van der Waals surface area contributed by atoms with E-state index in [0.717, 1.165) is 0 Å². The van der Waals surface area contributed by atoms with Gasteiger partial charge in [0.2, 0.25) is 0 Å². The summed E-state index contributed by atoms with van der Waals surface area (Å²) in [5.74, 6) is 2.67. The second-order valence-electron chi connectivity index (χ2n) is 4.10. The molecule has 0 saturated carbocycles. The number of methoxy groups -OCH3 is 1. The lowest BCUT2D eigenvalue weighted by Crippen LogP contribution is -2.17. The summed E-state index contributed by atoms with van der Waals surface area (Å²) in [6, 6.07) is 10.6. The van der Waals surface area contributed by atoms with Crippen LogP contribution in [0.1, 0.15) is 5.56 Å². The molecule has 0 unspecified atom stereocenters. The molecule has 0 aliphatic rings. The molecule has 0 fully saturated rings. The first kappa shape index (κ1) is 14.8. The molecule has 0 saturated heterocycles. The number of benzene rings is 2. The topological polar surface area (TPSA) is 18.5 Å². The van der Waals surface area contributed by atoms with Crippen molar-refractivity contribution in [3.8, 4) is 35.0 Å². The quantitative estimate of drug-likeness (QED) is 0.788. The summed E-state index contributed by atoms with van der Waals surface area (Å²) in [7, 11) is 1.48. The Morgan fingerprint density at radius 1 is 1.05 bits per heavy atom. The molecule has 108 valence electrons. The van der Waals surface area contributed by atoms with Crippen molar-refractivity contribution in [2.75, 3.05) is 7.11 Å². The average molecular weight is 292 g/mol. The van der Waals surface area contributed by atoms with Crippen LogP contribution in [0.15, 0.2) is 42.5 Å². The van der Waals surface area contributed by atoms with E-state index in [9.17, 15) is 13.2 Å². The molecule has 0 N–H and O–H groups in total. The Hall–Kier alpha value is -2.61. The molecular formula is C16H11F3O2. The predicted octanol–water partition coefficient (Wildman–Crippen LogP) is 4.24. The highest BCUT2D eigenvalue weighted by atomic mass is 19.4. The fourth-order valence-electron chi connectivity index (χ4n) is 1.91. The Morgan fingerprint density at radius 2 is 1.76 bits per heavy atom. The van der Waals surface area contributed by atoms with Gasteiger partial charge in [0.15, 0.2) is 0 Å². The Labute approximate surface area is 120 Å². The Balaban J connectivity index is 2.55. The van der Waals surface area contributed by atoms with Gasteiger partial charge in [0.05, 0.1) is 7.11 Å². The molecule has 2 aromatic rings. The largest absolute Gasteiger partial charge is 0.573 e. The van der Waals surface area contributed by atoms with E-state index in [0.29, 0.717) is 16.9 Å². The highest BCUT2D eigenvalue weighted by molar-refractivity contribution is 5.76. The molecule has 21 heavy (non-hydrogen) atoms. The normalized spacial score (nSPS) is 10.8. The summed E-state index contributed by atoms with van der Waals surface area (Å²) in [5.41, 5.74) is 1.16. The Bertz CT molecular complexity index is 685. The molecule has 0 spiro atoms. The second-order valence-corrected chi connectivity index (χ2v) is 4.10. The third-order valence-electron chi connectivity index (χ3n) is 2.79. The summed E-state index contributed by atoms with van der Waals surface area (Å²) in [6.45, 7) is 0. The SMILES string of the molecule is C#Cc1cc(OC)ccc1-c1ccccc1OC(F)(F)F. The van der Waals surface area contributed by atoms with Crippen molar-refractivity contribution in [2.45, 2.75) is 6.36 Å². The summed E-state index contributed by atoms with van der Waals surface area (Å²) in [4.78, 5) is 0. The number of terminal acetylenes is 1. The maximum absolute atomic E-state index is 12.5. The second kappa shape index (κ2) is 5.80. The molecule has 0 atom stereocenters. The van der Waals surface area contributed by atoms with E-state index >= 15 is 0 Å². The van der Waals surface area contributed by atoms with Gasteiger partial charge in [-0.25, -0.2) is 0 Å². The smallest absolute Gasteiger partial charge is 0.497 e. The van der Waals surface area contributed by atoms with Gasteiger partial charge in [-0.05, 0) is 24.3 Å². The van der Waals surface area contributed by atoms with E-state index in [4.69, 9.17) is 11.2 Å². The lowest BCUT2D eigenvalue weighted by molar-refractivity contribution is -0.274. The van der Waals surface area contributed by atoms with E-state index < -0.39 is 6.36 Å². The molecule has 0 bridgehead atoms. The van der Waals surface area contributed by atoms with Crippen LogP contribution in [0.3, 0.4) is 0 Å². The fraction of sp³-hybridized carbons (Fsp3) is 0.125. The standard InChI is InChI=1S/C16H11F3O2/c1-3-11-10-12(20-2)8-9-13(11)14-6-4-5-7-15(14)21-16(17,18)19/h1,4-10H,2H3. The lowest BCUT2D eigenvalue weighted by atomic mass is 9.99. The maximum Gasteiger partial charge on any atom is 0.573 e. The average Bonchev–Trinajstić information content (AvgIpc) is 2.45. The van der Waals surface area contributed by atoms with Crippen LogP contribution in [-0.2, 0) is 0 Å². The van der Waals surface area contributed by atoms with Crippen molar-refractivity contribution in [1.29, 1.82) is 0 Å². The molecule has 0 aromatic heterocycles. The first-order valence-electron chi connectivity index (χ1n) is 5.94. The van der Waals surface area contributed by atoms with Crippen LogP contribution in [-0.4, -0.2) is 13.5 Å². The molecule has 0 heterocycles. The van der Waals surface area contributed by atoms with Gasteiger partial charge in [-0.3, -0.25) is 0 Å². The third-order valence-corrected chi connectivity index (χ3v) is 2.79. The van der Waals surface area contributed by atoms with E-state index in [-0.39, 0.29) is 11.3 Å². The first-order chi connectivity index (χ1) is 9.94. The summed E-state index contributed by atoms with van der Waals surface area (Å²) < 4.78 is 46.5. The van der Waals surface area contributed by atoms with Gasteiger partial charge in [0, 0.05) is 16.7 Å². The minimum Gasteiger partial charge on any atom is -0.497 e. The van der Waals surface area contributed by atoms with Crippen molar-refractivity contribution in [3.63, 3.8) is 0 Å². The minimum absolute atomic E-state index is 0.269. The van der Waals surface area contributed by atoms with E-state index in [1.54, 1.807) is 24.3 Å². The predicted molar refractivity (Wildman–Crippen MR) is 73.0 cm³/mol. The van der Waals surface area contributed by atoms with Crippen LogP contribution >= 0.6 is 0 Å². The fourth-order valence-corrected chi connectivity index (χ4v) is 1.91. The Morgan fingerprint density at radius 3 is 2.38 bits per heavy atom. The Kier molecular flexibility index (Phi) is 4.08. The molecule has 2 nitrogen and oxygen atoms in total. The van der Waals surface area contributed by atoms with Crippen LogP contribution in [0.4, 0.5) is 13.2 Å². The van der Waals surface area contributed by atoms with Gasteiger partial charge in [-0.2, -0.15) is 0 Å². The molecule has 0 radical (unpaired) electrons. The lowest BCUT2D eigenvalue weighted by Gasteiger charge is -2.14. The number of hydrogen-bond donors (Lipinski definition) is 0. The van der Waals surface area contributed by atoms with Crippen molar-refractivity contribution >= 4 is 0 Å². The highest BCUT2D eigenvalue weighted by Gasteiger charge is 2.32. The van der Waals surface area contributed by atoms with Crippen LogP contribution in [0, 0.1) is 12.3 Å². The number of ether oxygens (including phenoxy) is 2. The van der Waals surface area contributed by atoms with Gasteiger partial charge in [-0.1, -0.05) is 24.1 Å². The summed E-state index contributed by atoms with van der Waals surface area (Å²) in [5, 5.41) is 0. The molecule has 0 aliphatic carbocycles. The number of alkyl halides is 3. The molecule has 0 amide bonds. The zero-order valence-corrected chi connectivity index (χ0v) is 11.1. The number of rotatable bonds is 3. The zero-order chi connectivity index (χ0) is 15.5. The minimum atomic E-state index is -4.76. The van der Waals surface area contributed by atoms with Gasteiger partial charge in [0.1, 0.15) is 11.5 Å². The van der Waals surface area contributed by atoms with Crippen LogP contribution < -0.4 is 9.47 Å². The molecular weight excluding hydrogens is 281 g/mol. The van der Waals surface area contributed by atoms with Crippen LogP contribution in [0.2, 0.25) is 0 Å². The van der Waals surface area contributed by atoms with Gasteiger partial charge in [0.25, 0.3) is 0 Å². The molecule has 0 aliphatic heterocycles. The van der Waals surface area contributed by atoms with Crippen molar-refractivity contribution < 1.29 is 22.6 Å². The number of halogens is 3. The number of para-hydroxylation sites is 1. The van der Waals surface area contributed by atoms with Gasteiger partial charge >= 0.3 is 6.36 Å². The van der Waals surface area contributed by atoms with E-state index in [1.807, 2.05) is 0 Å². The van der Waals surface area contributed by atoms with Crippen molar-refractivity contribution in [2.24, 2.45) is 0 Å². The number of hydrogen-bond acceptors (Lipinski definition) is 2. The third kappa shape index (κ3) is 3.48. The summed E-state index contributed by atoms with van der Waals surface area (Å²) in [6.07, 6.45) is 0.655. The van der Waals surface area contributed by atoms with Crippen LogP contribution in [0.5, 0.6) is 11.5 Å². The van der Waals surface area contributed by atoms with E-state index in [2.05, 4.69) is 10.7 Å². The maximum atomic E-state index is 12.5. The van der Waals surface area contributed by atoms with Crippen LogP contribution in [0.25, 0.3) is 11.1 Å². The van der Waals surface area contributed by atoms with Gasteiger partial charge in [-0.15, -0.1) is 19.6 Å². The van der Waals surface area contributed by atoms with Crippen molar-refractivity contribution in [3.05, 3.63) is 48.0 Å². The zero-order valence-electron chi connectivity index (χ0n) is 11.1. The highest BCUT2D eigenvalue weighted by Crippen LogP contribution is 2.36. The van der Waals surface area contributed by atoms with Gasteiger partial charge < -0.3 is 9.47 Å². The molecule has 2 rings (SSSR count).